The van der Waals surface area contributed by atoms with E-state index in [-0.39, 0.29) is 17.5 Å². The third kappa shape index (κ3) is 3.48. The predicted molar refractivity (Wildman–Crippen MR) is 78.2 cm³/mol. The zero-order valence-electron chi connectivity index (χ0n) is 12.3. The lowest BCUT2D eigenvalue weighted by Gasteiger charge is -2.31. The maximum Gasteiger partial charge on any atom is 0.240 e. The smallest absolute Gasteiger partial charge is 0.240 e. The third-order valence-electron chi connectivity index (χ3n) is 4.15. The number of ether oxygens (including phenoxy) is 2. The number of hydrogen-bond donors (Lipinski definition) is 1. The number of hydrogen-bond acceptors (Lipinski definition) is 4. The van der Waals surface area contributed by atoms with E-state index in [9.17, 15) is 12.8 Å². The molecule has 0 amide bonds. The fourth-order valence-electron chi connectivity index (χ4n) is 2.97. The maximum absolute atomic E-state index is 12.9. The second-order valence-corrected chi connectivity index (χ2v) is 7.59. The van der Waals surface area contributed by atoms with Crippen LogP contribution in [0.25, 0.3) is 0 Å². The van der Waals surface area contributed by atoms with Crippen LogP contribution in [0, 0.1) is 5.82 Å². The van der Waals surface area contributed by atoms with Gasteiger partial charge in [-0.25, -0.2) is 17.5 Å². The summed E-state index contributed by atoms with van der Waals surface area (Å²) in [7, 11) is -3.66. The van der Waals surface area contributed by atoms with Gasteiger partial charge in [-0.05, 0) is 37.1 Å². The lowest BCUT2D eigenvalue weighted by molar-refractivity contribution is -0.186. The average Bonchev–Trinajstić information content (AvgIpc) is 2.89. The molecule has 3 rings (SSSR count). The van der Waals surface area contributed by atoms with Crippen molar-refractivity contribution < 1.29 is 22.3 Å². The zero-order valence-corrected chi connectivity index (χ0v) is 13.1. The van der Waals surface area contributed by atoms with E-state index in [1.54, 1.807) is 0 Å². The normalized spacial score (nSPS) is 24.7. The Morgan fingerprint density at radius 2 is 1.86 bits per heavy atom. The van der Waals surface area contributed by atoms with Crippen LogP contribution in [0.5, 0.6) is 0 Å². The van der Waals surface area contributed by atoms with Crippen LogP contribution in [0.3, 0.4) is 0 Å². The van der Waals surface area contributed by atoms with Crippen LogP contribution in [0.1, 0.15) is 32.1 Å². The molecule has 7 heteroatoms. The van der Waals surface area contributed by atoms with Crippen LogP contribution >= 0.6 is 0 Å². The van der Waals surface area contributed by atoms with Crippen molar-refractivity contribution in [3.8, 4) is 0 Å². The summed E-state index contributed by atoms with van der Waals surface area (Å²) in [6, 6.07) is 4.74. The van der Waals surface area contributed by atoms with Crippen LogP contribution in [0.15, 0.2) is 29.2 Å². The van der Waals surface area contributed by atoms with Crippen molar-refractivity contribution in [3.63, 3.8) is 0 Å². The molecule has 1 atom stereocenters. The minimum absolute atomic E-state index is 0.0418. The van der Waals surface area contributed by atoms with Gasteiger partial charge in [0.15, 0.2) is 5.79 Å². The predicted octanol–water partition coefficient (Wildman–Crippen LogP) is 2.18. The van der Waals surface area contributed by atoms with Gasteiger partial charge in [0.1, 0.15) is 5.82 Å². The van der Waals surface area contributed by atoms with E-state index >= 15 is 0 Å². The Morgan fingerprint density at radius 1 is 1.18 bits per heavy atom. The highest BCUT2D eigenvalue weighted by Crippen LogP contribution is 2.37. The Morgan fingerprint density at radius 3 is 2.55 bits per heavy atom. The lowest BCUT2D eigenvalue weighted by Crippen LogP contribution is -2.37. The molecule has 2 fully saturated rings. The zero-order chi connectivity index (χ0) is 15.6. The van der Waals surface area contributed by atoms with E-state index in [4.69, 9.17) is 9.47 Å². The molecule has 1 spiro atoms. The topological polar surface area (TPSA) is 64.6 Å². The molecule has 22 heavy (non-hydrogen) atoms. The Balaban J connectivity index is 1.57. The first-order chi connectivity index (χ1) is 10.5. The van der Waals surface area contributed by atoms with Gasteiger partial charge in [-0.15, -0.1) is 0 Å². The molecular weight excluding hydrogens is 309 g/mol. The first kappa shape index (κ1) is 15.9. The molecule has 1 saturated carbocycles. The molecule has 1 heterocycles. The van der Waals surface area contributed by atoms with E-state index < -0.39 is 21.6 Å². The third-order valence-corrected chi connectivity index (χ3v) is 5.59. The van der Waals surface area contributed by atoms with Gasteiger partial charge in [0.25, 0.3) is 0 Å². The number of rotatable bonds is 4. The van der Waals surface area contributed by atoms with E-state index in [0.717, 1.165) is 37.8 Å². The van der Waals surface area contributed by atoms with Crippen LogP contribution in [0.4, 0.5) is 4.39 Å². The molecule has 122 valence electrons. The van der Waals surface area contributed by atoms with Crippen LogP contribution in [-0.4, -0.2) is 33.5 Å². The summed E-state index contributed by atoms with van der Waals surface area (Å²) in [5.41, 5.74) is 0. The summed E-state index contributed by atoms with van der Waals surface area (Å²) in [6.45, 7) is 0.549. The van der Waals surface area contributed by atoms with Gasteiger partial charge in [0.05, 0.1) is 17.6 Å². The molecule has 1 N–H and O–H groups in total. The van der Waals surface area contributed by atoms with Gasteiger partial charge < -0.3 is 9.47 Å². The molecule has 1 saturated heterocycles. The molecule has 0 aromatic heterocycles. The molecule has 1 aromatic carbocycles. The van der Waals surface area contributed by atoms with Gasteiger partial charge in [-0.2, -0.15) is 0 Å². The first-order valence-corrected chi connectivity index (χ1v) is 9.04. The number of benzene rings is 1. The summed E-state index contributed by atoms with van der Waals surface area (Å²) < 4.78 is 51.3. The summed E-state index contributed by atoms with van der Waals surface area (Å²) in [5, 5.41) is 0. The Labute approximate surface area is 129 Å². The monoisotopic (exact) mass is 329 g/mol. The number of sulfonamides is 1. The minimum atomic E-state index is -3.66. The van der Waals surface area contributed by atoms with Crippen LogP contribution < -0.4 is 4.72 Å². The summed E-state index contributed by atoms with van der Waals surface area (Å²) in [5.74, 6) is -0.977. The van der Waals surface area contributed by atoms with Crippen molar-refractivity contribution >= 4 is 10.0 Å². The molecule has 5 nitrogen and oxygen atoms in total. The van der Waals surface area contributed by atoms with Crippen molar-refractivity contribution in [2.24, 2.45) is 0 Å². The van der Waals surface area contributed by atoms with Crippen molar-refractivity contribution in [3.05, 3.63) is 30.1 Å². The largest absolute Gasteiger partial charge is 0.347 e. The highest BCUT2D eigenvalue weighted by molar-refractivity contribution is 7.89. The highest BCUT2D eigenvalue weighted by atomic mass is 32.2. The number of nitrogens with one attached hydrogen (secondary N) is 1. The van der Waals surface area contributed by atoms with Gasteiger partial charge in [0.2, 0.25) is 10.0 Å². The SMILES string of the molecule is O=S(=O)(NC[C@@H]1COC2(CCCCC2)O1)c1ccc(F)cc1. The van der Waals surface area contributed by atoms with E-state index in [1.165, 1.54) is 18.6 Å². The highest BCUT2D eigenvalue weighted by Gasteiger charge is 2.42. The van der Waals surface area contributed by atoms with Crippen molar-refractivity contribution in [1.82, 2.24) is 4.72 Å². The fraction of sp³-hybridized carbons (Fsp3) is 0.600. The first-order valence-electron chi connectivity index (χ1n) is 7.56. The molecule has 0 bridgehead atoms. The molecule has 1 aliphatic heterocycles. The van der Waals surface area contributed by atoms with Gasteiger partial charge >= 0.3 is 0 Å². The Kier molecular flexibility index (Phi) is 4.49. The van der Waals surface area contributed by atoms with Gasteiger partial charge in [-0.3, -0.25) is 0 Å². The maximum atomic E-state index is 12.9. The Hall–Kier alpha value is -1.02. The molecule has 1 aliphatic carbocycles. The van der Waals surface area contributed by atoms with Crippen molar-refractivity contribution in [2.75, 3.05) is 13.2 Å². The molecule has 0 unspecified atom stereocenters. The summed E-state index contributed by atoms with van der Waals surface area (Å²) in [4.78, 5) is 0.0418. The second-order valence-electron chi connectivity index (χ2n) is 5.83. The fourth-order valence-corrected chi connectivity index (χ4v) is 4.04. The molecule has 0 radical (unpaired) electrons. The summed E-state index contributed by atoms with van der Waals surface area (Å²) in [6.07, 6.45) is 4.80. The Bertz CT molecular complexity index is 611. The van der Waals surface area contributed by atoms with Crippen LogP contribution in [-0.2, 0) is 19.5 Å². The minimum Gasteiger partial charge on any atom is -0.347 e. The standard InChI is InChI=1S/C15H20FNO4S/c16-12-4-6-14(7-5-12)22(18,19)17-10-13-11-20-15(21-13)8-2-1-3-9-15/h4-7,13,17H,1-3,8-11H2/t13-/m1/s1. The lowest BCUT2D eigenvalue weighted by atomic mass is 9.94. The van der Waals surface area contributed by atoms with E-state index in [2.05, 4.69) is 4.72 Å². The molecule has 2 aliphatic rings. The van der Waals surface area contributed by atoms with Gasteiger partial charge in [-0.1, -0.05) is 6.42 Å². The van der Waals surface area contributed by atoms with Crippen LogP contribution in [0.2, 0.25) is 0 Å². The van der Waals surface area contributed by atoms with Crippen molar-refractivity contribution in [2.45, 2.75) is 48.9 Å². The second kappa shape index (κ2) is 6.23. The molecule has 1 aromatic rings. The average molecular weight is 329 g/mol. The summed E-state index contributed by atoms with van der Waals surface area (Å²) >= 11 is 0. The molecular formula is C15H20FNO4S. The van der Waals surface area contributed by atoms with Crippen molar-refractivity contribution in [1.29, 1.82) is 0 Å². The number of halogens is 1. The van der Waals surface area contributed by atoms with Gasteiger partial charge in [0, 0.05) is 19.4 Å². The quantitative estimate of drug-likeness (QED) is 0.919. The van der Waals surface area contributed by atoms with E-state index in [0.29, 0.717) is 6.61 Å². The van der Waals surface area contributed by atoms with E-state index in [1.807, 2.05) is 0 Å².